The lowest BCUT2D eigenvalue weighted by Gasteiger charge is -2.32. The van der Waals surface area contributed by atoms with E-state index in [0.29, 0.717) is 11.1 Å². The fourth-order valence-corrected chi connectivity index (χ4v) is 8.62. The number of nitrogens with zero attached hydrogens (tertiary/aromatic N) is 3. The minimum atomic E-state index is -4.49. The number of nitrogens with two attached hydrogens (primary N) is 4. The number of amides is 2. The van der Waals surface area contributed by atoms with Crippen molar-refractivity contribution in [2.24, 2.45) is 33.9 Å². The normalized spacial score (nSPS) is 17.7. The summed E-state index contributed by atoms with van der Waals surface area (Å²) >= 11 is 0. The van der Waals surface area contributed by atoms with Crippen LogP contribution < -0.4 is 41.9 Å². The molecule has 5 rings (SSSR count). The van der Waals surface area contributed by atoms with Crippen LogP contribution in [0.5, 0.6) is 17.2 Å². The van der Waals surface area contributed by atoms with Crippen LogP contribution in [0, 0.1) is 24.2 Å². The van der Waals surface area contributed by atoms with Crippen molar-refractivity contribution in [3.63, 3.8) is 0 Å². The third kappa shape index (κ3) is 14.7. The van der Waals surface area contributed by atoms with Crippen LogP contribution in [0.3, 0.4) is 0 Å². The second kappa shape index (κ2) is 23.7. The first-order chi connectivity index (χ1) is 33.7. The number of phenols is 1. The Bertz CT molecular complexity index is 2750. The van der Waals surface area contributed by atoms with E-state index >= 15 is 0 Å². The standard InChI is InChI=1S/C49H65N9O13S/c1-25-13-38(62)42(58(6)47(65)31(22-54-72(53,68)69)17-37(61)41-26(2)55-45(57-44(41)52)29-10-7-27(8-11-29)19-49(3,4)5)30-16-35(43(63)40(18-30)71-24-33(60)21-51)34-14-28(15-36(48(66)67)56-46(25)64)9-12-39(34)70-23-32(59)20-50/h7-12,14,16,18,25,31-33,36,42,54,59-60,63H,13,15,17,19-24,50-51H2,1-6H3,(H,56,64)(H,66,67)(H2,52,55,57)(H2,53,68,69)/t25-,31+,32-,33-,36+,42+/m1/s1. The fourth-order valence-electron chi connectivity index (χ4n) is 8.19. The number of fused-ring (bicyclic) bond motifs is 5. The number of aromatic hydroxyl groups is 1. The number of aliphatic hydroxyl groups is 2. The number of aliphatic carboxylic acids is 1. The van der Waals surface area contributed by atoms with Gasteiger partial charge in [0.15, 0.2) is 28.9 Å². The summed E-state index contributed by atoms with van der Waals surface area (Å²) in [6.45, 7) is 7.28. The number of likely N-dealkylation sites (N-methyl/N-ethyl adjacent to an activating group) is 1. The van der Waals surface area contributed by atoms with Gasteiger partial charge in [-0.1, -0.05) is 58.0 Å². The number of benzene rings is 3. The number of phenolic OH excluding ortho intramolecular Hbond substituents is 1. The Kier molecular flexibility index (Phi) is 18.6. The molecule has 0 fully saturated rings. The summed E-state index contributed by atoms with van der Waals surface area (Å²) < 4.78 is 38.5. The highest BCUT2D eigenvalue weighted by atomic mass is 32.2. The van der Waals surface area contributed by atoms with Gasteiger partial charge in [0.25, 0.3) is 10.2 Å². The molecule has 2 amide bonds. The molecule has 4 bridgehead atoms. The van der Waals surface area contributed by atoms with Crippen molar-refractivity contribution in [3.8, 4) is 39.8 Å². The van der Waals surface area contributed by atoms with Crippen molar-refractivity contribution < 1.29 is 62.3 Å². The van der Waals surface area contributed by atoms with E-state index in [1.165, 1.54) is 51.2 Å². The molecule has 0 saturated heterocycles. The van der Waals surface area contributed by atoms with Crippen LogP contribution in [0.2, 0.25) is 0 Å². The number of Topliss-reactive ketones (excluding diaryl/α,β-unsaturated/α-hetero) is 2. The minimum Gasteiger partial charge on any atom is -0.504 e. The summed E-state index contributed by atoms with van der Waals surface area (Å²) in [4.78, 5) is 80.1. The van der Waals surface area contributed by atoms with Crippen LogP contribution in [0.15, 0.2) is 54.6 Å². The van der Waals surface area contributed by atoms with Gasteiger partial charge >= 0.3 is 5.97 Å². The van der Waals surface area contributed by atoms with Crippen molar-refractivity contribution in [3.05, 3.63) is 82.5 Å². The number of anilines is 1. The molecule has 0 saturated carbocycles. The van der Waals surface area contributed by atoms with Crippen LogP contribution >= 0.6 is 0 Å². The first-order valence-electron chi connectivity index (χ1n) is 23.1. The van der Waals surface area contributed by atoms with Gasteiger partial charge in [-0.3, -0.25) is 19.2 Å². The average Bonchev–Trinajstić information content (AvgIpc) is 3.30. The summed E-state index contributed by atoms with van der Waals surface area (Å²) in [6, 6.07) is 11.3. The average molecular weight is 1020 g/mol. The largest absolute Gasteiger partial charge is 0.504 e. The molecule has 0 aliphatic carbocycles. The first kappa shape index (κ1) is 56.3. The highest BCUT2D eigenvalue weighted by molar-refractivity contribution is 7.87. The molecule has 3 aromatic carbocycles. The highest BCUT2D eigenvalue weighted by Gasteiger charge is 2.38. The number of aryl methyl sites for hydroxylation is 1. The van der Waals surface area contributed by atoms with Crippen LogP contribution in [-0.2, 0) is 42.2 Å². The number of hydrogen-bond donors (Lipinski definition) is 10. The zero-order valence-corrected chi connectivity index (χ0v) is 41.9. The number of nitrogens with one attached hydrogen (secondary N) is 2. The molecule has 390 valence electrons. The molecule has 23 heteroatoms. The van der Waals surface area contributed by atoms with Crippen molar-refractivity contribution >= 4 is 45.4 Å². The summed E-state index contributed by atoms with van der Waals surface area (Å²) in [5.41, 5.74) is 19.7. The van der Waals surface area contributed by atoms with Gasteiger partial charge in [-0.05, 0) is 59.7 Å². The molecule has 1 aliphatic heterocycles. The zero-order chi connectivity index (χ0) is 53.4. The highest BCUT2D eigenvalue weighted by Crippen LogP contribution is 2.45. The van der Waals surface area contributed by atoms with Gasteiger partial charge in [0.2, 0.25) is 11.8 Å². The lowest BCUT2D eigenvalue weighted by atomic mass is 9.88. The van der Waals surface area contributed by atoms with E-state index < -0.39 is 107 Å². The second-order valence-corrected chi connectivity index (χ2v) is 20.6. The van der Waals surface area contributed by atoms with Crippen molar-refractivity contribution in [1.82, 2.24) is 24.9 Å². The third-order valence-electron chi connectivity index (χ3n) is 11.9. The first-order valence-corrected chi connectivity index (χ1v) is 24.6. The maximum absolute atomic E-state index is 15.0. The van der Waals surface area contributed by atoms with Crippen molar-refractivity contribution in [2.45, 2.75) is 84.6 Å². The monoisotopic (exact) mass is 1020 g/mol. The molecular formula is C49H65N9O13S. The van der Waals surface area contributed by atoms with Gasteiger partial charge in [-0.25, -0.2) is 24.6 Å². The fraction of sp³-hybridized carbons (Fsp3) is 0.449. The van der Waals surface area contributed by atoms with Gasteiger partial charge in [0.05, 0.1) is 17.2 Å². The molecule has 1 aromatic heterocycles. The molecule has 14 N–H and O–H groups in total. The Hall–Kier alpha value is -6.60. The number of carbonyl (C=O) groups is 5. The number of ketones is 2. The maximum atomic E-state index is 15.0. The molecule has 4 aromatic rings. The summed E-state index contributed by atoms with van der Waals surface area (Å²) in [7, 11) is -3.29. The Morgan fingerprint density at radius 2 is 1.56 bits per heavy atom. The summed E-state index contributed by atoms with van der Waals surface area (Å²) in [5.74, 6) is -8.40. The van der Waals surface area contributed by atoms with Gasteiger partial charge in [-0.2, -0.15) is 8.42 Å². The number of nitrogen functional groups attached to an aromatic ring is 1. The number of rotatable bonds is 19. The second-order valence-electron chi connectivity index (χ2n) is 19.2. The van der Waals surface area contributed by atoms with E-state index in [1.807, 2.05) is 24.3 Å². The zero-order valence-electron chi connectivity index (χ0n) is 41.0. The van der Waals surface area contributed by atoms with E-state index in [2.05, 4.69) is 40.8 Å². The number of ether oxygens (including phenoxy) is 2. The van der Waals surface area contributed by atoms with Crippen molar-refractivity contribution in [2.75, 3.05) is 45.6 Å². The smallest absolute Gasteiger partial charge is 0.326 e. The predicted molar refractivity (Wildman–Crippen MR) is 266 cm³/mol. The topological polar surface area (TPSA) is 376 Å². The number of carboxylic acids is 1. The van der Waals surface area contributed by atoms with Crippen LogP contribution in [0.25, 0.3) is 22.5 Å². The van der Waals surface area contributed by atoms with E-state index in [9.17, 15) is 52.8 Å². The lowest BCUT2D eigenvalue weighted by molar-refractivity contribution is -0.143. The Morgan fingerprint density at radius 1 is 0.931 bits per heavy atom. The SMILES string of the molecule is Cc1nc(-c2ccc(CC(C)(C)C)cc2)nc(N)c1C(=O)C[C@@H](CNS(N)(=O)=O)C(=O)N(C)[C@@H]1C(=O)C[C@@H](C)C(=O)N[C@H](C(=O)O)Cc2ccc(OC[C@H](O)CN)c(c2)-c2cc1cc(OC[C@H](O)CN)c2O. The molecule has 2 heterocycles. The van der Waals surface area contributed by atoms with Gasteiger partial charge in [0, 0.05) is 68.6 Å². The molecule has 22 nitrogen and oxygen atoms in total. The van der Waals surface area contributed by atoms with E-state index in [0.717, 1.165) is 16.9 Å². The molecule has 0 unspecified atom stereocenters. The third-order valence-corrected chi connectivity index (χ3v) is 12.4. The summed E-state index contributed by atoms with van der Waals surface area (Å²) in [5, 5.41) is 50.6. The minimum absolute atomic E-state index is 0.0313. The molecule has 0 spiro atoms. The number of hydrogen-bond acceptors (Lipinski definition) is 17. The summed E-state index contributed by atoms with van der Waals surface area (Å²) in [6.07, 6.45) is -3.15. The van der Waals surface area contributed by atoms with Gasteiger partial charge < -0.3 is 57.3 Å². The van der Waals surface area contributed by atoms with E-state index in [4.69, 9.17) is 31.8 Å². The Labute approximate surface area is 417 Å². The van der Waals surface area contributed by atoms with Crippen LogP contribution in [-0.4, -0.2) is 131 Å². The number of carboxylic acid groups (broad SMARTS) is 1. The Morgan fingerprint density at radius 3 is 2.12 bits per heavy atom. The van der Waals surface area contributed by atoms with E-state index in [1.54, 1.807) is 0 Å². The molecular weight excluding hydrogens is 955 g/mol. The maximum Gasteiger partial charge on any atom is 0.326 e. The molecule has 1 aliphatic rings. The number of aromatic nitrogens is 2. The van der Waals surface area contributed by atoms with Gasteiger partial charge in [0.1, 0.15) is 49.1 Å². The number of aliphatic hydroxyl groups excluding tert-OH is 2. The van der Waals surface area contributed by atoms with Crippen LogP contribution in [0.1, 0.15) is 79.3 Å². The quantitative estimate of drug-likeness (QED) is 0.0592. The van der Waals surface area contributed by atoms with Crippen molar-refractivity contribution in [1.29, 1.82) is 0 Å². The predicted octanol–water partition coefficient (Wildman–Crippen LogP) is 1.29. The van der Waals surface area contributed by atoms with E-state index in [-0.39, 0.29) is 82.6 Å². The van der Waals surface area contributed by atoms with Gasteiger partial charge in [-0.15, -0.1) is 0 Å². The lowest BCUT2D eigenvalue weighted by Crippen LogP contribution is -2.46. The van der Waals surface area contributed by atoms with Crippen LogP contribution in [0.4, 0.5) is 5.82 Å². The molecule has 0 radical (unpaired) electrons. The molecule has 6 atom stereocenters. The molecule has 72 heavy (non-hydrogen) atoms. The Balaban J connectivity index is 1.65. The number of carbonyl (C=O) groups excluding carboxylic acids is 4.